The highest BCUT2D eigenvalue weighted by molar-refractivity contribution is 5.63. The van der Waals surface area contributed by atoms with Crippen molar-refractivity contribution in [3.63, 3.8) is 0 Å². The third-order valence-electron chi connectivity index (χ3n) is 3.27. The zero-order valence-electron chi connectivity index (χ0n) is 12.9. The largest absolute Gasteiger partial charge is 0.493 e. The second-order valence-corrected chi connectivity index (χ2v) is 4.84. The summed E-state index contributed by atoms with van der Waals surface area (Å²) in [4.78, 5) is 0. The number of nitrogens with zero attached hydrogens (tertiary/aromatic N) is 2. The molecule has 6 heteroatoms. The zero-order valence-corrected chi connectivity index (χ0v) is 12.9. The maximum Gasteiger partial charge on any atom is 0.248 e. The summed E-state index contributed by atoms with van der Waals surface area (Å²) in [5, 5.41) is 8.16. The standard InChI is InChI=1S/C17H17N3O3/c1-3-22-14-8-7-12(10-15(14)21-2)17-20-19-16(23-17)11-5-4-6-13(18)9-11/h4-10H,3,18H2,1-2H3. The predicted molar refractivity (Wildman–Crippen MR) is 87.3 cm³/mol. The van der Waals surface area contributed by atoms with E-state index in [0.29, 0.717) is 35.6 Å². The SMILES string of the molecule is CCOc1ccc(-c2nnc(-c3cccc(N)c3)o2)cc1OC. The van der Waals surface area contributed by atoms with E-state index in [4.69, 9.17) is 19.6 Å². The molecule has 0 bridgehead atoms. The van der Waals surface area contributed by atoms with Gasteiger partial charge in [-0.2, -0.15) is 0 Å². The van der Waals surface area contributed by atoms with Crippen molar-refractivity contribution in [3.05, 3.63) is 42.5 Å². The molecule has 6 nitrogen and oxygen atoms in total. The molecule has 0 saturated carbocycles. The molecule has 3 rings (SSSR count). The first-order valence-electron chi connectivity index (χ1n) is 7.22. The molecule has 0 unspecified atom stereocenters. The molecule has 23 heavy (non-hydrogen) atoms. The molecule has 0 saturated heterocycles. The van der Waals surface area contributed by atoms with Gasteiger partial charge in [0.05, 0.1) is 13.7 Å². The number of rotatable bonds is 5. The summed E-state index contributed by atoms with van der Waals surface area (Å²) in [5.41, 5.74) is 7.96. The van der Waals surface area contributed by atoms with Gasteiger partial charge in [0.1, 0.15) is 0 Å². The van der Waals surface area contributed by atoms with Gasteiger partial charge in [-0.25, -0.2) is 0 Å². The van der Waals surface area contributed by atoms with Gasteiger partial charge in [0.15, 0.2) is 11.5 Å². The fourth-order valence-electron chi connectivity index (χ4n) is 2.20. The summed E-state index contributed by atoms with van der Waals surface area (Å²) in [5.74, 6) is 2.12. The van der Waals surface area contributed by atoms with Gasteiger partial charge < -0.3 is 19.6 Å². The Hall–Kier alpha value is -3.02. The molecule has 2 N–H and O–H groups in total. The first-order chi connectivity index (χ1) is 11.2. The van der Waals surface area contributed by atoms with Crippen LogP contribution >= 0.6 is 0 Å². The fourth-order valence-corrected chi connectivity index (χ4v) is 2.20. The van der Waals surface area contributed by atoms with Gasteiger partial charge in [0.25, 0.3) is 0 Å². The Kier molecular flexibility index (Phi) is 4.14. The van der Waals surface area contributed by atoms with Gasteiger partial charge in [-0.15, -0.1) is 10.2 Å². The molecule has 3 aromatic rings. The van der Waals surface area contributed by atoms with Crippen LogP contribution in [0.25, 0.3) is 22.9 Å². The lowest BCUT2D eigenvalue weighted by Gasteiger charge is -2.09. The highest BCUT2D eigenvalue weighted by Gasteiger charge is 2.13. The molecule has 2 aromatic carbocycles. The zero-order chi connectivity index (χ0) is 16.2. The average molecular weight is 311 g/mol. The number of anilines is 1. The predicted octanol–water partition coefficient (Wildman–Crippen LogP) is 3.39. The van der Waals surface area contributed by atoms with E-state index in [9.17, 15) is 0 Å². The highest BCUT2D eigenvalue weighted by atomic mass is 16.5. The van der Waals surface area contributed by atoms with Crippen molar-refractivity contribution < 1.29 is 13.9 Å². The van der Waals surface area contributed by atoms with Crippen LogP contribution in [0.5, 0.6) is 11.5 Å². The van der Waals surface area contributed by atoms with E-state index in [2.05, 4.69) is 10.2 Å². The van der Waals surface area contributed by atoms with Crippen LogP contribution in [0.4, 0.5) is 5.69 Å². The maximum atomic E-state index is 5.78. The van der Waals surface area contributed by atoms with E-state index in [-0.39, 0.29) is 0 Å². The average Bonchev–Trinajstić information content (AvgIpc) is 3.05. The van der Waals surface area contributed by atoms with Crippen molar-refractivity contribution in [1.82, 2.24) is 10.2 Å². The van der Waals surface area contributed by atoms with Crippen molar-refractivity contribution in [3.8, 4) is 34.4 Å². The summed E-state index contributed by atoms with van der Waals surface area (Å²) >= 11 is 0. The number of ether oxygens (including phenoxy) is 2. The first-order valence-corrected chi connectivity index (χ1v) is 7.22. The van der Waals surface area contributed by atoms with Crippen LogP contribution in [0.1, 0.15) is 6.92 Å². The lowest BCUT2D eigenvalue weighted by atomic mass is 10.2. The molecule has 1 heterocycles. The van der Waals surface area contributed by atoms with Crippen LogP contribution in [-0.4, -0.2) is 23.9 Å². The van der Waals surface area contributed by atoms with Gasteiger partial charge in [0.2, 0.25) is 11.8 Å². The van der Waals surface area contributed by atoms with E-state index < -0.39 is 0 Å². The topological polar surface area (TPSA) is 83.4 Å². The Morgan fingerprint density at radius 3 is 2.39 bits per heavy atom. The van der Waals surface area contributed by atoms with Crippen LogP contribution in [0, 0.1) is 0 Å². The van der Waals surface area contributed by atoms with Crippen molar-refractivity contribution in [2.45, 2.75) is 6.92 Å². The number of nitrogens with two attached hydrogens (primary N) is 1. The fraction of sp³-hybridized carbons (Fsp3) is 0.176. The third kappa shape index (κ3) is 3.11. The van der Waals surface area contributed by atoms with Crippen molar-refractivity contribution in [2.24, 2.45) is 0 Å². The Morgan fingerprint density at radius 2 is 1.74 bits per heavy atom. The van der Waals surface area contributed by atoms with E-state index in [1.807, 2.05) is 37.3 Å². The minimum atomic E-state index is 0.406. The van der Waals surface area contributed by atoms with Gasteiger partial charge in [-0.1, -0.05) is 6.07 Å². The van der Waals surface area contributed by atoms with E-state index >= 15 is 0 Å². The molecule has 0 spiro atoms. The smallest absolute Gasteiger partial charge is 0.248 e. The van der Waals surface area contributed by atoms with Gasteiger partial charge in [-0.05, 0) is 43.3 Å². The second kappa shape index (κ2) is 6.39. The Bertz CT molecular complexity index is 814. The van der Waals surface area contributed by atoms with E-state index in [1.165, 1.54) is 0 Å². The van der Waals surface area contributed by atoms with E-state index in [0.717, 1.165) is 11.1 Å². The molecule has 0 aliphatic rings. The van der Waals surface area contributed by atoms with Crippen LogP contribution in [0.15, 0.2) is 46.9 Å². The van der Waals surface area contributed by atoms with Crippen LogP contribution in [0.2, 0.25) is 0 Å². The van der Waals surface area contributed by atoms with E-state index in [1.54, 1.807) is 19.2 Å². The molecule has 0 atom stereocenters. The number of methoxy groups -OCH3 is 1. The molecular weight excluding hydrogens is 294 g/mol. The van der Waals surface area contributed by atoms with Crippen molar-refractivity contribution in [2.75, 3.05) is 19.5 Å². The van der Waals surface area contributed by atoms with Gasteiger partial charge in [-0.3, -0.25) is 0 Å². The van der Waals surface area contributed by atoms with Crippen molar-refractivity contribution >= 4 is 5.69 Å². The lowest BCUT2D eigenvalue weighted by Crippen LogP contribution is -1.95. The highest BCUT2D eigenvalue weighted by Crippen LogP contribution is 2.33. The molecule has 0 aliphatic carbocycles. The van der Waals surface area contributed by atoms with Gasteiger partial charge >= 0.3 is 0 Å². The molecule has 0 radical (unpaired) electrons. The molecule has 0 fully saturated rings. The number of hydrogen-bond acceptors (Lipinski definition) is 6. The molecule has 0 aliphatic heterocycles. The molecular formula is C17H17N3O3. The summed E-state index contributed by atoms with van der Waals surface area (Å²) in [6, 6.07) is 12.8. The molecule has 1 aromatic heterocycles. The second-order valence-electron chi connectivity index (χ2n) is 4.84. The lowest BCUT2D eigenvalue weighted by molar-refractivity contribution is 0.311. The Morgan fingerprint density at radius 1 is 1.00 bits per heavy atom. The number of nitrogen functional groups attached to an aromatic ring is 1. The number of benzene rings is 2. The minimum absolute atomic E-state index is 0.406. The quantitative estimate of drug-likeness (QED) is 0.727. The summed E-state index contributed by atoms with van der Waals surface area (Å²) in [6.45, 7) is 2.49. The van der Waals surface area contributed by atoms with Crippen LogP contribution in [0.3, 0.4) is 0 Å². The maximum absolute atomic E-state index is 5.78. The molecule has 0 amide bonds. The Balaban J connectivity index is 1.94. The summed E-state index contributed by atoms with van der Waals surface area (Å²) < 4.78 is 16.6. The van der Waals surface area contributed by atoms with Crippen LogP contribution in [-0.2, 0) is 0 Å². The monoisotopic (exact) mass is 311 g/mol. The normalized spacial score (nSPS) is 10.5. The Labute approximate surface area is 133 Å². The number of hydrogen-bond donors (Lipinski definition) is 1. The minimum Gasteiger partial charge on any atom is -0.493 e. The van der Waals surface area contributed by atoms with Crippen molar-refractivity contribution in [1.29, 1.82) is 0 Å². The number of aromatic nitrogens is 2. The van der Waals surface area contributed by atoms with Gasteiger partial charge in [0, 0.05) is 16.8 Å². The summed E-state index contributed by atoms with van der Waals surface area (Å²) in [7, 11) is 1.59. The third-order valence-corrected chi connectivity index (χ3v) is 3.27. The summed E-state index contributed by atoms with van der Waals surface area (Å²) in [6.07, 6.45) is 0. The first kappa shape index (κ1) is 14.9. The van der Waals surface area contributed by atoms with Crippen LogP contribution < -0.4 is 15.2 Å². The molecule has 118 valence electrons.